The lowest BCUT2D eigenvalue weighted by molar-refractivity contribution is 0.412. The van der Waals surface area contributed by atoms with Crippen molar-refractivity contribution in [3.8, 4) is 22.1 Å². The third kappa shape index (κ3) is 3.39. The molecule has 7 nitrogen and oxygen atoms in total. The number of benzene rings is 1. The molecule has 0 radical (unpaired) electrons. The van der Waals surface area contributed by atoms with Gasteiger partial charge in [0.2, 0.25) is 5.78 Å². The molecule has 0 aliphatic heterocycles. The normalized spacial score (nSPS) is 11.2. The van der Waals surface area contributed by atoms with E-state index < -0.39 is 0 Å². The monoisotopic (exact) mass is 420 g/mol. The molecule has 0 saturated heterocycles. The highest BCUT2D eigenvalue weighted by molar-refractivity contribution is 7.98. The van der Waals surface area contributed by atoms with Gasteiger partial charge >= 0.3 is 0 Å². The molecule has 144 valence electrons. The predicted octanol–water partition coefficient (Wildman–Crippen LogP) is 4.34. The smallest absolute Gasteiger partial charge is 0.233 e. The maximum Gasteiger partial charge on any atom is 0.233 e. The largest absolute Gasteiger partial charge is 0.495 e. The summed E-state index contributed by atoms with van der Waals surface area (Å²) in [5, 5.41) is 11.8. The van der Waals surface area contributed by atoms with Crippen LogP contribution in [-0.2, 0) is 5.75 Å². The lowest BCUT2D eigenvalue weighted by atomic mass is 10.3. The molecule has 5 rings (SSSR count). The van der Waals surface area contributed by atoms with Gasteiger partial charge in [-0.15, -0.1) is 21.5 Å². The lowest BCUT2D eigenvalue weighted by Gasteiger charge is -2.13. The SMILES string of the molecule is COc1ccccc1-n1c(SCc2cn3cccnc3n2)nnc1-c1cccs1. The Morgan fingerprint density at radius 3 is 2.86 bits per heavy atom. The highest BCUT2D eigenvalue weighted by Gasteiger charge is 2.19. The Kier molecular flexibility index (Phi) is 4.74. The van der Waals surface area contributed by atoms with Gasteiger partial charge in [-0.25, -0.2) is 9.97 Å². The summed E-state index contributed by atoms with van der Waals surface area (Å²) in [6, 6.07) is 13.8. The first-order valence-electron chi connectivity index (χ1n) is 8.87. The molecule has 0 aliphatic rings. The average molecular weight is 421 g/mol. The minimum atomic E-state index is 0.654. The van der Waals surface area contributed by atoms with Gasteiger partial charge < -0.3 is 4.74 Å². The van der Waals surface area contributed by atoms with Crippen molar-refractivity contribution >= 4 is 28.9 Å². The molecule has 1 aromatic carbocycles. The summed E-state index contributed by atoms with van der Waals surface area (Å²) in [5.74, 6) is 2.90. The molecule has 29 heavy (non-hydrogen) atoms. The van der Waals surface area contributed by atoms with Gasteiger partial charge in [-0.3, -0.25) is 8.97 Å². The number of thioether (sulfide) groups is 1. The van der Waals surface area contributed by atoms with Crippen LogP contribution >= 0.6 is 23.1 Å². The van der Waals surface area contributed by atoms with Crippen molar-refractivity contribution in [3.63, 3.8) is 0 Å². The summed E-state index contributed by atoms with van der Waals surface area (Å²) in [6.07, 6.45) is 5.67. The van der Waals surface area contributed by atoms with Gasteiger partial charge in [0.15, 0.2) is 11.0 Å². The van der Waals surface area contributed by atoms with Gasteiger partial charge in [0.25, 0.3) is 0 Å². The molecule has 9 heteroatoms. The number of thiophene rings is 1. The molecular weight excluding hydrogens is 404 g/mol. The number of ether oxygens (including phenoxy) is 1. The number of hydrogen-bond acceptors (Lipinski definition) is 7. The molecule has 0 saturated carbocycles. The molecule has 0 atom stereocenters. The van der Waals surface area contributed by atoms with E-state index in [0.29, 0.717) is 11.5 Å². The van der Waals surface area contributed by atoms with E-state index in [1.54, 1.807) is 36.4 Å². The van der Waals surface area contributed by atoms with E-state index >= 15 is 0 Å². The van der Waals surface area contributed by atoms with Crippen molar-refractivity contribution in [1.29, 1.82) is 0 Å². The second-order valence-corrected chi connectivity index (χ2v) is 8.03. The van der Waals surface area contributed by atoms with Crippen LogP contribution in [0.3, 0.4) is 0 Å². The molecule has 4 aromatic heterocycles. The van der Waals surface area contributed by atoms with Crippen LogP contribution in [0.1, 0.15) is 5.69 Å². The van der Waals surface area contributed by atoms with E-state index in [1.807, 2.05) is 69.2 Å². The topological polar surface area (TPSA) is 70.1 Å². The standard InChI is InChI=1S/C20H16N6OS2/c1-27-16-7-3-2-6-15(16)26-18(17-8-4-11-28-17)23-24-20(26)29-13-14-12-25-10-5-9-21-19(25)22-14/h2-12H,13H2,1H3. The number of nitrogens with zero attached hydrogens (tertiary/aromatic N) is 6. The van der Waals surface area contributed by atoms with Crippen LogP contribution < -0.4 is 4.74 Å². The summed E-state index contributed by atoms with van der Waals surface area (Å²) in [7, 11) is 1.67. The number of hydrogen-bond donors (Lipinski definition) is 0. The van der Waals surface area contributed by atoms with Crippen LogP contribution in [-0.4, -0.2) is 36.2 Å². The third-order valence-corrected chi connectivity index (χ3v) is 6.16. The molecule has 0 bridgehead atoms. The zero-order chi connectivity index (χ0) is 19.6. The highest BCUT2D eigenvalue weighted by atomic mass is 32.2. The van der Waals surface area contributed by atoms with Gasteiger partial charge in [0, 0.05) is 24.3 Å². The fourth-order valence-corrected chi connectivity index (χ4v) is 4.57. The fourth-order valence-electron chi connectivity index (χ4n) is 3.05. The number of imidazole rings is 1. The van der Waals surface area contributed by atoms with Gasteiger partial charge in [0.1, 0.15) is 5.75 Å². The summed E-state index contributed by atoms with van der Waals surface area (Å²) >= 11 is 3.21. The Hall–Kier alpha value is -3.17. The Morgan fingerprint density at radius 1 is 1.10 bits per heavy atom. The molecule has 0 amide bonds. The van der Waals surface area contributed by atoms with Gasteiger partial charge in [-0.05, 0) is 29.6 Å². The van der Waals surface area contributed by atoms with Crippen molar-refractivity contribution in [3.05, 3.63) is 72.1 Å². The molecule has 0 spiro atoms. The first-order valence-corrected chi connectivity index (χ1v) is 10.7. The third-order valence-electron chi connectivity index (χ3n) is 4.34. The maximum absolute atomic E-state index is 5.59. The van der Waals surface area contributed by atoms with Gasteiger partial charge in [-0.1, -0.05) is 30.0 Å². The maximum atomic E-state index is 5.59. The van der Waals surface area contributed by atoms with E-state index in [1.165, 1.54) is 0 Å². The Morgan fingerprint density at radius 2 is 2.03 bits per heavy atom. The summed E-state index contributed by atoms with van der Waals surface area (Å²) < 4.78 is 9.55. The zero-order valence-electron chi connectivity index (χ0n) is 15.5. The summed E-state index contributed by atoms with van der Waals surface area (Å²) in [5.41, 5.74) is 1.84. The number of aromatic nitrogens is 6. The van der Waals surface area contributed by atoms with Crippen LogP contribution in [0, 0.1) is 0 Å². The van der Waals surface area contributed by atoms with Gasteiger partial charge in [0.05, 0.1) is 23.4 Å². The van der Waals surface area contributed by atoms with E-state index in [-0.39, 0.29) is 0 Å². The van der Waals surface area contributed by atoms with Crippen molar-refractivity contribution in [2.75, 3.05) is 7.11 Å². The van der Waals surface area contributed by atoms with E-state index in [4.69, 9.17) is 4.74 Å². The van der Waals surface area contributed by atoms with Crippen LogP contribution in [0.2, 0.25) is 0 Å². The van der Waals surface area contributed by atoms with E-state index in [2.05, 4.69) is 20.2 Å². The molecule has 4 heterocycles. The van der Waals surface area contributed by atoms with Crippen molar-refractivity contribution < 1.29 is 4.74 Å². The fraction of sp³-hybridized carbons (Fsp3) is 0.100. The number of methoxy groups -OCH3 is 1. The average Bonchev–Trinajstić information content (AvgIpc) is 3.50. The number of rotatable bonds is 6. The molecule has 5 aromatic rings. The second kappa shape index (κ2) is 7.69. The minimum absolute atomic E-state index is 0.654. The Bertz CT molecular complexity index is 1230. The Balaban J connectivity index is 1.54. The summed E-state index contributed by atoms with van der Waals surface area (Å²) in [6.45, 7) is 0. The lowest BCUT2D eigenvalue weighted by Crippen LogP contribution is -2.01. The van der Waals surface area contributed by atoms with Crippen molar-refractivity contribution in [2.24, 2.45) is 0 Å². The predicted molar refractivity (Wildman–Crippen MR) is 114 cm³/mol. The van der Waals surface area contributed by atoms with Crippen LogP contribution in [0.25, 0.3) is 22.2 Å². The van der Waals surface area contributed by atoms with Crippen LogP contribution in [0.4, 0.5) is 0 Å². The zero-order valence-corrected chi connectivity index (χ0v) is 17.1. The summed E-state index contributed by atoms with van der Waals surface area (Å²) in [4.78, 5) is 9.90. The second-order valence-electron chi connectivity index (χ2n) is 6.14. The van der Waals surface area contributed by atoms with Gasteiger partial charge in [-0.2, -0.15) is 0 Å². The van der Waals surface area contributed by atoms with E-state index in [0.717, 1.165) is 33.0 Å². The quantitative estimate of drug-likeness (QED) is 0.381. The van der Waals surface area contributed by atoms with Crippen LogP contribution in [0.15, 0.2) is 71.6 Å². The molecule has 0 N–H and O–H groups in total. The number of para-hydroxylation sites is 2. The molecule has 0 unspecified atom stereocenters. The first-order chi connectivity index (χ1) is 14.3. The van der Waals surface area contributed by atoms with E-state index in [9.17, 15) is 0 Å². The minimum Gasteiger partial charge on any atom is -0.495 e. The first kappa shape index (κ1) is 17.9. The van der Waals surface area contributed by atoms with Crippen molar-refractivity contribution in [2.45, 2.75) is 10.9 Å². The van der Waals surface area contributed by atoms with Crippen LogP contribution in [0.5, 0.6) is 5.75 Å². The molecule has 0 fully saturated rings. The molecule has 0 aliphatic carbocycles. The highest BCUT2D eigenvalue weighted by Crippen LogP contribution is 2.34. The number of fused-ring (bicyclic) bond motifs is 1. The Labute approximate surface area is 175 Å². The van der Waals surface area contributed by atoms with Crippen molar-refractivity contribution in [1.82, 2.24) is 29.1 Å². The molecular formula is C20H16N6OS2.